The Bertz CT molecular complexity index is 974. The number of halogens is 3. The third-order valence-corrected chi connectivity index (χ3v) is 3.80. The van der Waals surface area contributed by atoms with E-state index in [1.807, 2.05) is 0 Å². The van der Waals surface area contributed by atoms with Gasteiger partial charge in [0.2, 0.25) is 11.0 Å². The van der Waals surface area contributed by atoms with Crippen molar-refractivity contribution in [2.24, 2.45) is 10.2 Å². The molecule has 9 heteroatoms. The van der Waals surface area contributed by atoms with Crippen LogP contribution in [-0.2, 0) is 0 Å². The lowest BCUT2D eigenvalue weighted by Gasteiger charge is -2.04. The SMILES string of the molecule is Oc1[nH]c2ccc(F)cc2c1N=NC(=S)Nc1ccc(Br)cc1F. The summed E-state index contributed by atoms with van der Waals surface area (Å²) in [4.78, 5) is 2.65. The Kier molecular flexibility index (Phi) is 4.54. The van der Waals surface area contributed by atoms with Gasteiger partial charge < -0.3 is 15.4 Å². The smallest absolute Gasteiger partial charge is 0.218 e. The van der Waals surface area contributed by atoms with Gasteiger partial charge in [0, 0.05) is 9.86 Å². The van der Waals surface area contributed by atoms with Crippen molar-refractivity contribution in [2.75, 3.05) is 5.32 Å². The average Bonchev–Trinajstić information content (AvgIpc) is 2.83. The quantitative estimate of drug-likeness (QED) is 0.391. The number of anilines is 1. The fourth-order valence-corrected chi connectivity index (χ4v) is 2.55. The summed E-state index contributed by atoms with van der Waals surface area (Å²) in [7, 11) is 0. The molecule has 0 bridgehead atoms. The normalized spacial score (nSPS) is 11.3. The van der Waals surface area contributed by atoms with Crippen LogP contribution in [0.3, 0.4) is 0 Å². The van der Waals surface area contributed by atoms with Crippen molar-refractivity contribution < 1.29 is 13.9 Å². The van der Waals surface area contributed by atoms with Crippen molar-refractivity contribution in [1.82, 2.24) is 4.98 Å². The third kappa shape index (κ3) is 3.41. The highest BCUT2D eigenvalue weighted by molar-refractivity contribution is 9.10. The third-order valence-electron chi connectivity index (χ3n) is 3.13. The molecule has 3 rings (SSSR count). The Balaban J connectivity index is 1.84. The molecule has 0 unspecified atom stereocenters. The van der Waals surface area contributed by atoms with Gasteiger partial charge in [-0.25, -0.2) is 8.78 Å². The molecular weight excluding hydrogens is 402 g/mol. The van der Waals surface area contributed by atoms with Crippen molar-refractivity contribution in [1.29, 1.82) is 0 Å². The molecule has 0 aliphatic rings. The Labute approximate surface area is 148 Å². The summed E-state index contributed by atoms with van der Waals surface area (Å²) >= 11 is 8.13. The predicted molar refractivity (Wildman–Crippen MR) is 94.8 cm³/mol. The Morgan fingerprint density at radius 2 is 2.00 bits per heavy atom. The number of aromatic hydroxyl groups is 1. The summed E-state index contributed by atoms with van der Waals surface area (Å²) < 4.78 is 27.7. The number of rotatable bonds is 2. The molecule has 1 heterocycles. The van der Waals surface area contributed by atoms with E-state index in [0.717, 1.165) is 0 Å². The second-order valence-electron chi connectivity index (χ2n) is 4.77. The fourth-order valence-electron chi connectivity index (χ4n) is 2.06. The fraction of sp³-hybridized carbons (Fsp3) is 0. The number of nitrogens with zero attached hydrogens (tertiary/aromatic N) is 2. The molecule has 5 nitrogen and oxygen atoms in total. The molecule has 24 heavy (non-hydrogen) atoms. The molecule has 0 atom stereocenters. The molecule has 122 valence electrons. The lowest BCUT2D eigenvalue weighted by molar-refractivity contribution is 0.459. The van der Waals surface area contributed by atoms with Gasteiger partial charge in [0.05, 0.1) is 11.2 Å². The van der Waals surface area contributed by atoms with Gasteiger partial charge in [-0.1, -0.05) is 15.9 Å². The van der Waals surface area contributed by atoms with Crippen molar-refractivity contribution in [3.8, 4) is 5.88 Å². The topological polar surface area (TPSA) is 72.8 Å². The van der Waals surface area contributed by atoms with Gasteiger partial charge in [-0.2, -0.15) is 0 Å². The van der Waals surface area contributed by atoms with Crippen LogP contribution in [0.4, 0.5) is 20.2 Å². The van der Waals surface area contributed by atoms with Crippen molar-refractivity contribution >= 4 is 55.5 Å². The Hall–Kier alpha value is -2.39. The number of hydrogen-bond acceptors (Lipinski definition) is 3. The first-order valence-corrected chi connectivity index (χ1v) is 7.82. The van der Waals surface area contributed by atoms with Crippen LogP contribution in [-0.4, -0.2) is 15.2 Å². The van der Waals surface area contributed by atoms with E-state index in [9.17, 15) is 13.9 Å². The predicted octanol–water partition coefficient (Wildman–Crippen LogP) is 5.39. The van der Waals surface area contributed by atoms with Gasteiger partial charge in [-0.05, 0) is 48.6 Å². The van der Waals surface area contributed by atoms with Gasteiger partial charge in [0.1, 0.15) is 11.6 Å². The van der Waals surface area contributed by atoms with E-state index in [4.69, 9.17) is 12.2 Å². The van der Waals surface area contributed by atoms with E-state index in [-0.39, 0.29) is 22.4 Å². The highest BCUT2D eigenvalue weighted by Gasteiger charge is 2.11. The standard InChI is InChI=1S/C15H9BrF2N4OS/c16-7-1-3-12(10(18)5-7)20-15(24)22-21-13-9-6-8(17)2-4-11(9)19-14(13)23/h1-6,19,23H,(H,20,24). The largest absolute Gasteiger partial charge is 0.493 e. The van der Waals surface area contributed by atoms with Gasteiger partial charge in [-0.15, -0.1) is 10.2 Å². The molecule has 0 radical (unpaired) electrons. The van der Waals surface area contributed by atoms with Crippen LogP contribution in [0, 0.1) is 11.6 Å². The van der Waals surface area contributed by atoms with E-state index in [0.29, 0.717) is 15.4 Å². The summed E-state index contributed by atoms with van der Waals surface area (Å²) in [5.74, 6) is -1.26. The lowest BCUT2D eigenvalue weighted by atomic mass is 10.2. The van der Waals surface area contributed by atoms with Crippen LogP contribution < -0.4 is 5.32 Å². The number of aromatic amines is 1. The highest BCUT2D eigenvalue weighted by atomic mass is 79.9. The molecule has 2 aromatic carbocycles. The molecule has 0 aliphatic heterocycles. The van der Waals surface area contributed by atoms with Crippen LogP contribution >= 0.6 is 28.1 Å². The van der Waals surface area contributed by atoms with Crippen LogP contribution in [0.25, 0.3) is 10.9 Å². The summed E-state index contributed by atoms with van der Waals surface area (Å²) in [5.41, 5.74) is 0.682. The maximum atomic E-state index is 13.7. The molecule has 3 N–H and O–H groups in total. The first-order valence-electron chi connectivity index (χ1n) is 6.62. The van der Waals surface area contributed by atoms with E-state index in [2.05, 4.69) is 36.5 Å². The second kappa shape index (κ2) is 6.62. The molecule has 0 amide bonds. The maximum Gasteiger partial charge on any atom is 0.218 e. The average molecular weight is 411 g/mol. The van der Waals surface area contributed by atoms with Crippen LogP contribution in [0.2, 0.25) is 0 Å². The van der Waals surface area contributed by atoms with E-state index < -0.39 is 11.6 Å². The zero-order valence-corrected chi connectivity index (χ0v) is 14.3. The summed E-state index contributed by atoms with van der Waals surface area (Å²) in [6.07, 6.45) is 0. The zero-order valence-electron chi connectivity index (χ0n) is 11.8. The summed E-state index contributed by atoms with van der Waals surface area (Å²) in [5, 5.41) is 20.2. The van der Waals surface area contributed by atoms with Gasteiger partial charge >= 0.3 is 0 Å². The molecular formula is C15H9BrF2N4OS. The van der Waals surface area contributed by atoms with Crippen molar-refractivity contribution in [3.05, 3.63) is 52.5 Å². The molecule has 3 aromatic rings. The lowest BCUT2D eigenvalue weighted by Crippen LogP contribution is -2.06. The van der Waals surface area contributed by atoms with Crippen LogP contribution in [0.15, 0.2) is 51.1 Å². The van der Waals surface area contributed by atoms with Gasteiger partial charge in [-0.3, -0.25) is 0 Å². The van der Waals surface area contributed by atoms with Crippen molar-refractivity contribution in [3.63, 3.8) is 0 Å². The molecule has 0 aliphatic carbocycles. The molecule has 0 fully saturated rings. The second-order valence-corrected chi connectivity index (χ2v) is 6.07. The minimum atomic E-state index is -0.515. The first kappa shape index (κ1) is 16.5. The molecule has 0 saturated carbocycles. The number of hydrogen-bond donors (Lipinski definition) is 3. The minimum Gasteiger partial charge on any atom is -0.493 e. The molecule has 1 aromatic heterocycles. The van der Waals surface area contributed by atoms with Crippen LogP contribution in [0.1, 0.15) is 0 Å². The number of thiocarbonyl (C=S) groups is 1. The number of H-pyrrole nitrogens is 1. The maximum absolute atomic E-state index is 13.7. The zero-order chi connectivity index (χ0) is 17.3. The summed E-state index contributed by atoms with van der Waals surface area (Å²) in [6, 6.07) is 8.33. The highest BCUT2D eigenvalue weighted by Crippen LogP contribution is 2.35. The number of azo groups is 1. The van der Waals surface area contributed by atoms with Gasteiger partial charge in [0.25, 0.3) is 0 Å². The summed E-state index contributed by atoms with van der Waals surface area (Å²) in [6.45, 7) is 0. The number of benzene rings is 2. The minimum absolute atomic E-state index is 0.0462. The monoisotopic (exact) mass is 410 g/mol. The van der Waals surface area contributed by atoms with Crippen molar-refractivity contribution in [2.45, 2.75) is 0 Å². The van der Waals surface area contributed by atoms with E-state index in [1.165, 1.54) is 30.3 Å². The van der Waals surface area contributed by atoms with E-state index in [1.54, 1.807) is 6.07 Å². The Morgan fingerprint density at radius 1 is 1.21 bits per heavy atom. The van der Waals surface area contributed by atoms with Crippen LogP contribution in [0.5, 0.6) is 5.88 Å². The number of nitrogens with one attached hydrogen (secondary N) is 2. The molecule has 0 spiro atoms. The number of fused-ring (bicyclic) bond motifs is 1. The van der Waals surface area contributed by atoms with Gasteiger partial charge in [0.15, 0.2) is 5.69 Å². The first-order chi connectivity index (χ1) is 11.4. The Morgan fingerprint density at radius 3 is 2.75 bits per heavy atom. The van der Waals surface area contributed by atoms with E-state index >= 15 is 0 Å². The number of aromatic nitrogens is 1. The molecule has 0 saturated heterocycles.